The maximum atomic E-state index is 13.3. The molecule has 2 saturated heterocycles. The predicted octanol–water partition coefficient (Wildman–Crippen LogP) is 3.47. The third-order valence-corrected chi connectivity index (χ3v) is 8.58. The SMILES string of the molecule is CC[C@H]1OC(=O)[C@H](C)[C@@H](O)[C@H](C)[C@@H](OC2OC(C)CC(N(C)C)C2O)[C@@H](C)C[C@@H](C)C(=O)C(C)[CH][C@H]1C. The van der Waals surface area contributed by atoms with Crippen molar-refractivity contribution in [1.29, 1.82) is 0 Å². The van der Waals surface area contributed by atoms with Gasteiger partial charge in [-0.1, -0.05) is 41.5 Å². The molecule has 2 aliphatic rings. The van der Waals surface area contributed by atoms with E-state index in [4.69, 9.17) is 14.2 Å². The number of ether oxygens (including phenoxy) is 3. The molecule has 0 saturated carbocycles. The summed E-state index contributed by atoms with van der Waals surface area (Å²) in [5, 5.41) is 22.4. The van der Waals surface area contributed by atoms with E-state index in [0.29, 0.717) is 19.3 Å². The van der Waals surface area contributed by atoms with Crippen LogP contribution in [0.15, 0.2) is 0 Å². The highest BCUT2D eigenvalue weighted by molar-refractivity contribution is 5.84. The first kappa shape index (κ1) is 32.2. The topological polar surface area (TPSA) is 106 Å². The number of carbonyl (C=O) groups excluding carboxylic acids is 2. The number of cyclic esters (lactones) is 1. The van der Waals surface area contributed by atoms with Crippen molar-refractivity contribution in [2.75, 3.05) is 14.1 Å². The molecule has 2 N–H and O–H groups in total. The first-order valence-electron chi connectivity index (χ1n) is 14.1. The molecule has 0 aromatic rings. The molecule has 2 heterocycles. The number of likely N-dealkylation sites (N-methyl/N-ethyl adjacent to an activating group) is 1. The molecular formula is C29H52NO7. The number of nitrogens with zero attached hydrogens (tertiary/aromatic N) is 1. The van der Waals surface area contributed by atoms with E-state index in [2.05, 4.69) is 0 Å². The van der Waals surface area contributed by atoms with Crippen molar-refractivity contribution in [2.45, 2.75) is 118 Å². The molecule has 0 aromatic carbocycles. The van der Waals surface area contributed by atoms with Crippen LogP contribution >= 0.6 is 0 Å². The highest BCUT2D eigenvalue weighted by Crippen LogP contribution is 2.34. The number of hydrogen-bond acceptors (Lipinski definition) is 8. The second kappa shape index (κ2) is 13.8. The van der Waals surface area contributed by atoms with Crippen LogP contribution in [0.5, 0.6) is 0 Å². The minimum Gasteiger partial charge on any atom is -0.462 e. The van der Waals surface area contributed by atoms with E-state index in [1.54, 1.807) is 6.92 Å². The summed E-state index contributed by atoms with van der Waals surface area (Å²) in [6, 6.07) is -0.137. The van der Waals surface area contributed by atoms with Crippen LogP contribution in [0.4, 0.5) is 0 Å². The molecule has 13 atom stereocenters. The fraction of sp³-hybridized carbons (Fsp3) is 0.897. The van der Waals surface area contributed by atoms with Crippen molar-refractivity contribution in [3.8, 4) is 0 Å². The fourth-order valence-corrected chi connectivity index (χ4v) is 6.12. The first-order valence-corrected chi connectivity index (χ1v) is 14.1. The summed E-state index contributed by atoms with van der Waals surface area (Å²) in [5.41, 5.74) is 0. The Balaban J connectivity index is 2.40. The quantitative estimate of drug-likeness (QED) is 0.537. The van der Waals surface area contributed by atoms with E-state index in [9.17, 15) is 19.8 Å². The zero-order valence-corrected chi connectivity index (χ0v) is 24.6. The molecule has 2 aliphatic heterocycles. The lowest BCUT2D eigenvalue weighted by molar-refractivity contribution is -0.283. The summed E-state index contributed by atoms with van der Waals surface area (Å²) in [7, 11) is 3.84. The Morgan fingerprint density at radius 1 is 1.00 bits per heavy atom. The first-order chi connectivity index (χ1) is 17.2. The lowest BCUT2D eigenvalue weighted by Crippen LogP contribution is -2.56. The smallest absolute Gasteiger partial charge is 0.311 e. The molecule has 1 radical (unpaired) electrons. The van der Waals surface area contributed by atoms with Gasteiger partial charge in [-0.15, -0.1) is 0 Å². The third-order valence-electron chi connectivity index (χ3n) is 8.58. The van der Waals surface area contributed by atoms with Gasteiger partial charge in [0.25, 0.3) is 0 Å². The maximum absolute atomic E-state index is 13.3. The van der Waals surface area contributed by atoms with Gasteiger partial charge in [0, 0.05) is 23.8 Å². The molecule has 0 bridgehead atoms. The van der Waals surface area contributed by atoms with Crippen LogP contribution in [0.1, 0.15) is 74.7 Å². The second-order valence-electron chi connectivity index (χ2n) is 12.1. The van der Waals surface area contributed by atoms with Gasteiger partial charge in [-0.3, -0.25) is 9.59 Å². The van der Waals surface area contributed by atoms with Crippen molar-refractivity contribution in [3.05, 3.63) is 6.42 Å². The van der Waals surface area contributed by atoms with Crippen LogP contribution in [-0.2, 0) is 23.8 Å². The molecule has 8 nitrogen and oxygen atoms in total. The van der Waals surface area contributed by atoms with Crippen molar-refractivity contribution in [2.24, 2.45) is 35.5 Å². The number of carbonyl (C=O) groups is 2. The molecule has 37 heavy (non-hydrogen) atoms. The highest BCUT2D eigenvalue weighted by Gasteiger charge is 2.44. The largest absolute Gasteiger partial charge is 0.462 e. The van der Waals surface area contributed by atoms with Gasteiger partial charge >= 0.3 is 5.97 Å². The van der Waals surface area contributed by atoms with Gasteiger partial charge in [0.15, 0.2) is 6.29 Å². The van der Waals surface area contributed by atoms with Crippen LogP contribution in [0.25, 0.3) is 0 Å². The lowest BCUT2D eigenvalue weighted by atomic mass is 9.77. The number of aliphatic hydroxyl groups excluding tert-OH is 2. The zero-order valence-electron chi connectivity index (χ0n) is 24.6. The van der Waals surface area contributed by atoms with Crippen molar-refractivity contribution in [1.82, 2.24) is 4.90 Å². The third kappa shape index (κ3) is 7.98. The van der Waals surface area contributed by atoms with E-state index < -0.39 is 42.4 Å². The molecule has 2 rings (SSSR count). The minimum absolute atomic E-state index is 0.0881. The average Bonchev–Trinajstić information content (AvgIpc) is 2.84. The second-order valence-corrected chi connectivity index (χ2v) is 12.1. The van der Waals surface area contributed by atoms with E-state index in [1.165, 1.54) is 0 Å². The molecule has 0 spiro atoms. The summed E-state index contributed by atoms with van der Waals surface area (Å²) < 4.78 is 18.3. The average molecular weight is 527 g/mol. The Morgan fingerprint density at radius 3 is 2.19 bits per heavy atom. The van der Waals surface area contributed by atoms with Crippen LogP contribution in [-0.4, -0.2) is 83.8 Å². The number of aliphatic hydroxyl groups is 2. The summed E-state index contributed by atoms with van der Waals surface area (Å²) >= 11 is 0. The molecule has 2 fully saturated rings. The maximum Gasteiger partial charge on any atom is 0.311 e. The van der Waals surface area contributed by atoms with Crippen LogP contribution in [0, 0.1) is 41.9 Å². The molecule has 0 aromatic heterocycles. The minimum atomic E-state index is -1.03. The molecule has 5 unspecified atom stereocenters. The molecule has 0 aliphatic carbocycles. The number of ketones is 1. The monoisotopic (exact) mass is 526 g/mol. The Bertz CT molecular complexity index is 746. The number of Topliss-reactive ketones (excluding diaryl/α,β-unsaturated/α-hetero) is 1. The van der Waals surface area contributed by atoms with Crippen molar-refractivity contribution >= 4 is 11.8 Å². The summed E-state index contributed by atoms with van der Waals surface area (Å²) in [5.74, 6) is -2.31. The number of hydrogen-bond donors (Lipinski definition) is 2. The van der Waals surface area contributed by atoms with Crippen LogP contribution in [0.2, 0.25) is 0 Å². The Kier molecular flexibility index (Phi) is 12.0. The summed E-state index contributed by atoms with van der Waals surface area (Å²) in [6.07, 6.45) is -0.0245. The van der Waals surface area contributed by atoms with Gasteiger partial charge in [0.2, 0.25) is 0 Å². The van der Waals surface area contributed by atoms with Gasteiger partial charge in [0.05, 0.1) is 24.2 Å². The molecule has 8 heteroatoms. The Morgan fingerprint density at radius 2 is 1.62 bits per heavy atom. The van der Waals surface area contributed by atoms with Gasteiger partial charge < -0.3 is 29.3 Å². The number of rotatable bonds is 4. The van der Waals surface area contributed by atoms with Gasteiger partial charge in [-0.05, 0) is 65.5 Å². The van der Waals surface area contributed by atoms with E-state index >= 15 is 0 Å². The van der Waals surface area contributed by atoms with E-state index in [0.717, 1.165) is 0 Å². The number of esters is 1. The normalized spacial score (nSPS) is 45.4. The molecular weight excluding hydrogens is 474 g/mol. The highest BCUT2D eigenvalue weighted by atomic mass is 16.7. The molecule has 0 amide bonds. The van der Waals surface area contributed by atoms with Crippen LogP contribution < -0.4 is 0 Å². The van der Waals surface area contributed by atoms with Gasteiger partial charge in [0.1, 0.15) is 18.0 Å². The predicted molar refractivity (Wildman–Crippen MR) is 142 cm³/mol. The standard InChI is InChI=1S/C29H52NO7/c1-11-23-15(2)12-16(3)24(31)17(4)13-18(5)27(20(7)25(32)21(8)28(34)36-23)37-29-26(33)22(30(9)10)14-19(6)35-29/h12,15-23,25-27,29,32-33H,11,13-14H2,1-10H3/t15-,16?,17-,18+,19?,20+,21-,22?,23-,25+,26?,27+,29?/m1/s1. The summed E-state index contributed by atoms with van der Waals surface area (Å²) in [6.45, 7) is 15.2. The fourth-order valence-electron chi connectivity index (χ4n) is 6.12. The van der Waals surface area contributed by atoms with E-state index in [-0.39, 0.29) is 47.7 Å². The lowest BCUT2D eigenvalue weighted by Gasteiger charge is -2.44. The Labute approximate surface area is 224 Å². The van der Waals surface area contributed by atoms with Gasteiger partial charge in [-0.25, -0.2) is 0 Å². The van der Waals surface area contributed by atoms with Gasteiger partial charge in [-0.2, -0.15) is 0 Å². The van der Waals surface area contributed by atoms with Crippen molar-refractivity contribution in [3.63, 3.8) is 0 Å². The molecule has 215 valence electrons. The summed E-state index contributed by atoms with van der Waals surface area (Å²) in [4.78, 5) is 28.3. The Hall–Kier alpha value is -1.06. The van der Waals surface area contributed by atoms with Crippen molar-refractivity contribution < 1.29 is 34.0 Å². The van der Waals surface area contributed by atoms with E-state index in [1.807, 2.05) is 73.9 Å². The zero-order chi connectivity index (χ0) is 28.2. The van der Waals surface area contributed by atoms with Crippen LogP contribution in [0.3, 0.4) is 0 Å².